The van der Waals surface area contributed by atoms with Crippen molar-refractivity contribution in [3.05, 3.63) is 0 Å². The van der Waals surface area contributed by atoms with Gasteiger partial charge in [0.1, 0.15) is 0 Å². The van der Waals surface area contributed by atoms with Gasteiger partial charge in [0, 0.05) is 39.9 Å². The Hall–Kier alpha value is -0.160. The molecule has 0 fully saturated rings. The molecule has 0 bridgehead atoms. The van der Waals surface area contributed by atoms with Crippen molar-refractivity contribution in [1.29, 1.82) is 0 Å². The van der Waals surface area contributed by atoms with E-state index in [1.165, 1.54) is 0 Å². The molecule has 0 saturated carbocycles. The Morgan fingerprint density at radius 3 is 1.94 bits per heavy atom. The minimum absolute atomic E-state index is 0.536. The fourth-order valence-corrected chi connectivity index (χ4v) is 1.79. The van der Waals surface area contributed by atoms with Crippen molar-refractivity contribution in [3.8, 4) is 0 Å². The lowest BCUT2D eigenvalue weighted by atomic mass is 10.0. The zero-order valence-corrected chi connectivity index (χ0v) is 12.2. The molecular formula is C13H30N2O2. The first-order valence-corrected chi connectivity index (χ1v) is 6.59. The van der Waals surface area contributed by atoms with Crippen LogP contribution < -0.4 is 5.32 Å². The highest BCUT2D eigenvalue weighted by molar-refractivity contribution is 4.74. The van der Waals surface area contributed by atoms with Crippen LogP contribution in [0.4, 0.5) is 0 Å². The summed E-state index contributed by atoms with van der Waals surface area (Å²) in [4.78, 5) is 2.40. The number of likely N-dealkylation sites (N-methyl/N-ethyl adjacent to an activating group) is 1. The highest BCUT2D eigenvalue weighted by Crippen LogP contribution is 2.04. The second-order valence-electron chi connectivity index (χ2n) is 4.69. The molecule has 104 valence electrons. The quantitative estimate of drug-likeness (QED) is 0.594. The third kappa shape index (κ3) is 8.55. The van der Waals surface area contributed by atoms with E-state index >= 15 is 0 Å². The average molecular weight is 246 g/mol. The number of hydrogen-bond acceptors (Lipinski definition) is 4. The lowest BCUT2D eigenvalue weighted by Gasteiger charge is -2.30. The Morgan fingerprint density at radius 1 is 1.06 bits per heavy atom. The van der Waals surface area contributed by atoms with Crippen LogP contribution in [0, 0.1) is 5.92 Å². The van der Waals surface area contributed by atoms with Crippen LogP contribution in [0.3, 0.4) is 0 Å². The minimum Gasteiger partial charge on any atom is -0.383 e. The smallest absolute Gasteiger partial charge is 0.0589 e. The van der Waals surface area contributed by atoms with Gasteiger partial charge in [-0.2, -0.15) is 0 Å². The van der Waals surface area contributed by atoms with Crippen molar-refractivity contribution in [3.63, 3.8) is 0 Å². The summed E-state index contributed by atoms with van der Waals surface area (Å²) in [5, 5.41) is 3.54. The maximum atomic E-state index is 5.15. The zero-order chi connectivity index (χ0) is 13.1. The first-order chi connectivity index (χ1) is 8.15. The second-order valence-corrected chi connectivity index (χ2v) is 4.69. The Bertz CT molecular complexity index is 157. The normalized spacial score (nSPS) is 13.6. The molecule has 1 atom stereocenters. The van der Waals surface area contributed by atoms with Gasteiger partial charge in [-0.15, -0.1) is 0 Å². The Labute approximate surface area is 107 Å². The van der Waals surface area contributed by atoms with Crippen LogP contribution in [0.15, 0.2) is 0 Å². The molecule has 0 spiro atoms. The van der Waals surface area contributed by atoms with Gasteiger partial charge in [-0.3, -0.25) is 4.90 Å². The van der Waals surface area contributed by atoms with Gasteiger partial charge in [0.05, 0.1) is 13.2 Å². The molecule has 0 aromatic heterocycles. The van der Waals surface area contributed by atoms with Crippen LogP contribution >= 0.6 is 0 Å². The molecule has 1 unspecified atom stereocenters. The molecule has 0 aliphatic carbocycles. The van der Waals surface area contributed by atoms with Gasteiger partial charge in [0.15, 0.2) is 0 Å². The van der Waals surface area contributed by atoms with Crippen LogP contribution in [0.5, 0.6) is 0 Å². The highest BCUT2D eigenvalue weighted by Gasteiger charge is 2.16. The largest absolute Gasteiger partial charge is 0.383 e. The van der Waals surface area contributed by atoms with E-state index < -0.39 is 0 Å². The molecule has 0 aromatic rings. The monoisotopic (exact) mass is 246 g/mol. The van der Waals surface area contributed by atoms with Gasteiger partial charge in [0.25, 0.3) is 0 Å². The van der Waals surface area contributed by atoms with Crippen molar-refractivity contribution in [2.75, 3.05) is 53.6 Å². The summed E-state index contributed by atoms with van der Waals surface area (Å²) in [6.07, 6.45) is 0. The molecule has 1 N–H and O–H groups in total. The molecule has 4 nitrogen and oxygen atoms in total. The van der Waals surface area contributed by atoms with Gasteiger partial charge >= 0.3 is 0 Å². The van der Waals surface area contributed by atoms with Crippen LogP contribution in [0.1, 0.15) is 20.8 Å². The van der Waals surface area contributed by atoms with Gasteiger partial charge in [0.2, 0.25) is 0 Å². The lowest BCUT2D eigenvalue weighted by Crippen LogP contribution is -2.46. The molecule has 0 saturated heterocycles. The van der Waals surface area contributed by atoms with Crippen molar-refractivity contribution in [2.45, 2.75) is 26.8 Å². The number of ether oxygens (including phenoxy) is 2. The number of hydrogen-bond donors (Lipinski definition) is 1. The van der Waals surface area contributed by atoms with Crippen LogP contribution in [0.2, 0.25) is 0 Å². The van der Waals surface area contributed by atoms with E-state index in [1.54, 1.807) is 14.2 Å². The van der Waals surface area contributed by atoms with E-state index in [1.807, 2.05) is 0 Å². The summed E-state index contributed by atoms with van der Waals surface area (Å²) in [6, 6.07) is 0.536. The molecule has 0 radical (unpaired) electrons. The number of nitrogens with zero attached hydrogens (tertiary/aromatic N) is 1. The van der Waals surface area contributed by atoms with Crippen molar-refractivity contribution in [2.24, 2.45) is 5.92 Å². The molecule has 0 aliphatic rings. The number of methoxy groups -OCH3 is 2. The summed E-state index contributed by atoms with van der Waals surface area (Å²) in [5.74, 6) is 0.641. The first kappa shape index (κ1) is 16.8. The fourth-order valence-electron chi connectivity index (χ4n) is 1.79. The Balaban J connectivity index is 4.14. The third-order valence-electron chi connectivity index (χ3n) is 2.95. The first-order valence-electron chi connectivity index (χ1n) is 6.59. The maximum Gasteiger partial charge on any atom is 0.0589 e. The standard InChI is InChI=1S/C13H30N2O2/c1-6-14-13(12(2)3)11-15(7-9-16-4)8-10-17-5/h12-14H,6-11H2,1-5H3. The topological polar surface area (TPSA) is 33.7 Å². The summed E-state index contributed by atoms with van der Waals surface area (Å²) in [7, 11) is 3.50. The van der Waals surface area contributed by atoms with E-state index in [0.717, 1.165) is 39.4 Å². The van der Waals surface area contributed by atoms with Crippen LogP contribution in [-0.2, 0) is 9.47 Å². The van der Waals surface area contributed by atoms with Gasteiger partial charge < -0.3 is 14.8 Å². The predicted molar refractivity (Wildman–Crippen MR) is 72.5 cm³/mol. The van der Waals surface area contributed by atoms with E-state index in [4.69, 9.17) is 9.47 Å². The van der Waals surface area contributed by atoms with E-state index in [-0.39, 0.29) is 0 Å². The minimum atomic E-state index is 0.536. The van der Waals surface area contributed by atoms with E-state index in [2.05, 4.69) is 31.0 Å². The Morgan fingerprint density at radius 2 is 1.59 bits per heavy atom. The maximum absolute atomic E-state index is 5.15. The summed E-state index contributed by atoms with van der Waals surface area (Å²) < 4.78 is 10.3. The summed E-state index contributed by atoms with van der Waals surface area (Å²) in [5.41, 5.74) is 0. The molecular weight excluding hydrogens is 216 g/mol. The van der Waals surface area contributed by atoms with Crippen LogP contribution in [0.25, 0.3) is 0 Å². The summed E-state index contributed by atoms with van der Waals surface area (Å²) >= 11 is 0. The molecule has 0 aliphatic heterocycles. The van der Waals surface area contributed by atoms with Gasteiger partial charge in [-0.1, -0.05) is 20.8 Å². The molecule has 17 heavy (non-hydrogen) atoms. The fraction of sp³-hybridized carbons (Fsp3) is 1.00. The van der Waals surface area contributed by atoms with E-state index in [9.17, 15) is 0 Å². The lowest BCUT2D eigenvalue weighted by molar-refractivity contribution is 0.103. The van der Waals surface area contributed by atoms with Crippen LogP contribution in [-0.4, -0.2) is 64.6 Å². The van der Waals surface area contributed by atoms with Gasteiger partial charge in [-0.25, -0.2) is 0 Å². The highest BCUT2D eigenvalue weighted by atomic mass is 16.5. The number of nitrogens with one attached hydrogen (secondary N) is 1. The average Bonchev–Trinajstić information content (AvgIpc) is 2.31. The zero-order valence-electron chi connectivity index (χ0n) is 12.2. The second kappa shape index (κ2) is 11.0. The van der Waals surface area contributed by atoms with E-state index in [0.29, 0.717) is 12.0 Å². The molecule has 0 amide bonds. The van der Waals surface area contributed by atoms with Crippen molar-refractivity contribution < 1.29 is 9.47 Å². The predicted octanol–water partition coefficient (Wildman–Crippen LogP) is 1.22. The summed E-state index contributed by atoms with van der Waals surface area (Å²) in [6.45, 7) is 12.2. The molecule has 4 heteroatoms. The third-order valence-corrected chi connectivity index (χ3v) is 2.95. The molecule has 0 heterocycles. The van der Waals surface area contributed by atoms with Crippen molar-refractivity contribution >= 4 is 0 Å². The van der Waals surface area contributed by atoms with Crippen molar-refractivity contribution in [1.82, 2.24) is 10.2 Å². The molecule has 0 aromatic carbocycles. The molecule has 0 rings (SSSR count). The Kier molecular flexibility index (Phi) is 10.9. The number of rotatable bonds is 11. The van der Waals surface area contributed by atoms with Gasteiger partial charge in [-0.05, 0) is 12.5 Å². The SMILES string of the molecule is CCNC(CN(CCOC)CCOC)C(C)C.